The van der Waals surface area contributed by atoms with E-state index in [1.807, 2.05) is 11.9 Å². The molecule has 1 atom stereocenters. The molecule has 0 N–H and O–H groups in total. The minimum atomic E-state index is -0.309. The van der Waals surface area contributed by atoms with Crippen LogP contribution in [0.5, 0.6) is 0 Å². The van der Waals surface area contributed by atoms with Gasteiger partial charge in [-0.1, -0.05) is 55.4 Å². The van der Waals surface area contributed by atoms with Gasteiger partial charge >= 0.3 is 0 Å². The van der Waals surface area contributed by atoms with Gasteiger partial charge in [0.2, 0.25) is 5.91 Å². The molecular weight excluding hydrogens is 274 g/mol. The van der Waals surface area contributed by atoms with Crippen molar-refractivity contribution in [1.82, 2.24) is 4.90 Å². The molecule has 0 aliphatic heterocycles. The second kappa shape index (κ2) is 8.90. The Hall–Kier alpha value is -0.570. The van der Waals surface area contributed by atoms with Crippen LogP contribution in [0.3, 0.4) is 0 Å². The standard InChI is InChI=1S/C19H39NO2/c1-15(2)16(3)13-20(9)17(21)19(7,8)11-10-12-22-14-18(4,5)6/h15-16H,10-14H2,1-9H3. The van der Waals surface area contributed by atoms with Crippen molar-refractivity contribution in [2.75, 3.05) is 26.8 Å². The highest BCUT2D eigenvalue weighted by Gasteiger charge is 2.30. The first-order chi connectivity index (χ1) is 9.87. The van der Waals surface area contributed by atoms with Gasteiger partial charge < -0.3 is 9.64 Å². The van der Waals surface area contributed by atoms with E-state index in [1.54, 1.807) is 0 Å². The Kier molecular flexibility index (Phi) is 8.67. The van der Waals surface area contributed by atoms with Gasteiger partial charge in [-0.25, -0.2) is 0 Å². The highest BCUT2D eigenvalue weighted by molar-refractivity contribution is 5.81. The van der Waals surface area contributed by atoms with E-state index in [1.165, 1.54) is 0 Å². The van der Waals surface area contributed by atoms with Crippen molar-refractivity contribution < 1.29 is 9.53 Å². The molecule has 0 saturated heterocycles. The van der Waals surface area contributed by atoms with Gasteiger partial charge in [-0.05, 0) is 30.1 Å². The van der Waals surface area contributed by atoms with Crippen molar-refractivity contribution in [2.24, 2.45) is 22.7 Å². The molecule has 132 valence electrons. The first-order valence-corrected chi connectivity index (χ1v) is 8.70. The van der Waals surface area contributed by atoms with Crippen LogP contribution in [0.4, 0.5) is 0 Å². The Labute approximate surface area is 138 Å². The largest absolute Gasteiger partial charge is 0.381 e. The van der Waals surface area contributed by atoms with Crippen LogP contribution in [0.15, 0.2) is 0 Å². The lowest BCUT2D eigenvalue weighted by Crippen LogP contribution is -2.41. The third kappa shape index (κ3) is 8.77. The Morgan fingerprint density at radius 3 is 2.09 bits per heavy atom. The van der Waals surface area contributed by atoms with Gasteiger partial charge in [-0.3, -0.25) is 4.79 Å². The number of carbonyl (C=O) groups is 1. The fourth-order valence-corrected chi connectivity index (χ4v) is 2.34. The summed E-state index contributed by atoms with van der Waals surface area (Å²) in [7, 11) is 1.93. The lowest BCUT2D eigenvalue weighted by atomic mass is 9.85. The Balaban J connectivity index is 4.22. The van der Waals surface area contributed by atoms with Crippen LogP contribution in [0, 0.1) is 22.7 Å². The molecular formula is C19H39NO2. The molecule has 3 heteroatoms. The summed E-state index contributed by atoms with van der Waals surface area (Å²) >= 11 is 0. The SMILES string of the molecule is CC(C)C(C)CN(C)C(=O)C(C)(C)CCCOCC(C)(C)C. The number of ether oxygens (including phenoxy) is 1. The van der Waals surface area contributed by atoms with Gasteiger partial charge in [0.15, 0.2) is 0 Å². The van der Waals surface area contributed by atoms with Crippen LogP contribution < -0.4 is 0 Å². The van der Waals surface area contributed by atoms with Gasteiger partial charge in [0.1, 0.15) is 0 Å². The molecule has 22 heavy (non-hydrogen) atoms. The number of rotatable bonds is 9. The number of nitrogens with zero attached hydrogens (tertiary/aromatic N) is 1. The predicted octanol–water partition coefficient (Wildman–Crippen LogP) is 4.61. The molecule has 0 aromatic heterocycles. The highest BCUT2D eigenvalue weighted by Crippen LogP contribution is 2.26. The van der Waals surface area contributed by atoms with Crippen molar-refractivity contribution in [3.05, 3.63) is 0 Å². The Morgan fingerprint density at radius 1 is 1.09 bits per heavy atom. The van der Waals surface area contributed by atoms with Crippen LogP contribution >= 0.6 is 0 Å². The van der Waals surface area contributed by atoms with E-state index in [-0.39, 0.29) is 16.7 Å². The number of hydrogen-bond donors (Lipinski definition) is 0. The predicted molar refractivity (Wildman–Crippen MR) is 94.9 cm³/mol. The highest BCUT2D eigenvalue weighted by atomic mass is 16.5. The first-order valence-electron chi connectivity index (χ1n) is 8.70. The molecule has 0 aliphatic carbocycles. The maximum absolute atomic E-state index is 12.6. The third-order valence-corrected chi connectivity index (χ3v) is 4.25. The molecule has 0 aromatic carbocycles. The fraction of sp³-hybridized carbons (Fsp3) is 0.947. The van der Waals surface area contributed by atoms with Crippen molar-refractivity contribution in [2.45, 2.75) is 68.2 Å². The van der Waals surface area contributed by atoms with Crippen LogP contribution in [0.25, 0.3) is 0 Å². The summed E-state index contributed by atoms with van der Waals surface area (Å²) in [5, 5.41) is 0. The van der Waals surface area contributed by atoms with Crippen LogP contribution in [-0.4, -0.2) is 37.6 Å². The zero-order valence-corrected chi connectivity index (χ0v) is 16.5. The Morgan fingerprint density at radius 2 is 1.64 bits per heavy atom. The molecule has 1 amide bonds. The summed E-state index contributed by atoms with van der Waals surface area (Å²) in [6, 6.07) is 0. The molecule has 0 bridgehead atoms. The minimum Gasteiger partial charge on any atom is -0.381 e. The van der Waals surface area contributed by atoms with Crippen molar-refractivity contribution in [3.8, 4) is 0 Å². The molecule has 0 fully saturated rings. The summed E-state index contributed by atoms with van der Waals surface area (Å²) < 4.78 is 5.70. The number of carbonyl (C=O) groups excluding carboxylic acids is 1. The zero-order valence-electron chi connectivity index (χ0n) is 16.5. The Bertz CT molecular complexity index is 329. The summed E-state index contributed by atoms with van der Waals surface area (Å²) in [5.74, 6) is 1.37. The van der Waals surface area contributed by atoms with E-state index < -0.39 is 0 Å². The van der Waals surface area contributed by atoms with E-state index in [0.29, 0.717) is 11.8 Å². The average molecular weight is 314 g/mol. The monoisotopic (exact) mass is 313 g/mol. The topological polar surface area (TPSA) is 29.5 Å². The zero-order chi connectivity index (χ0) is 17.6. The molecule has 0 aliphatic rings. The first kappa shape index (κ1) is 21.4. The smallest absolute Gasteiger partial charge is 0.227 e. The maximum atomic E-state index is 12.6. The fourth-order valence-electron chi connectivity index (χ4n) is 2.34. The molecule has 0 rings (SSSR count). The normalized spacial score (nSPS) is 14.3. The average Bonchev–Trinajstić information content (AvgIpc) is 2.35. The van der Waals surface area contributed by atoms with E-state index in [0.717, 1.165) is 32.6 Å². The second-order valence-electron chi connectivity index (χ2n) is 9.01. The molecule has 3 nitrogen and oxygen atoms in total. The summed E-state index contributed by atoms with van der Waals surface area (Å²) in [4.78, 5) is 14.5. The quantitative estimate of drug-likeness (QED) is 0.582. The minimum absolute atomic E-state index is 0.207. The van der Waals surface area contributed by atoms with Gasteiger partial charge in [-0.15, -0.1) is 0 Å². The molecule has 0 aromatic rings. The number of hydrogen-bond acceptors (Lipinski definition) is 2. The van der Waals surface area contributed by atoms with E-state index in [9.17, 15) is 4.79 Å². The molecule has 0 spiro atoms. The van der Waals surface area contributed by atoms with E-state index in [2.05, 4.69) is 55.4 Å². The van der Waals surface area contributed by atoms with E-state index in [4.69, 9.17) is 4.74 Å². The van der Waals surface area contributed by atoms with Crippen LogP contribution in [0.1, 0.15) is 68.2 Å². The molecule has 1 unspecified atom stereocenters. The van der Waals surface area contributed by atoms with Crippen molar-refractivity contribution in [3.63, 3.8) is 0 Å². The van der Waals surface area contributed by atoms with Crippen molar-refractivity contribution in [1.29, 1.82) is 0 Å². The summed E-state index contributed by atoms with van der Waals surface area (Å²) in [6.45, 7) is 19.6. The molecule has 0 heterocycles. The number of amides is 1. The third-order valence-electron chi connectivity index (χ3n) is 4.25. The van der Waals surface area contributed by atoms with Crippen molar-refractivity contribution >= 4 is 5.91 Å². The molecule has 0 radical (unpaired) electrons. The second-order valence-corrected chi connectivity index (χ2v) is 9.01. The van der Waals surface area contributed by atoms with Gasteiger partial charge in [-0.2, -0.15) is 0 Å². The van der Waals surface area contributed by atoms with E-state index >= 15 is 0 Å². The maximum Gasteiger partial charge on any atom is 0.227 e. The molecule has 0 saturated carbocycles. The van der Waals surface area contributed by atoms with Gasteiger partial charge in [0.25, 0.3) is 0 Å². The summed E-state index contributed by atoms with van der Waals surface area (Å²) in [6.07, 6.45) is 1.80. The lowest BCUT2D eigenvalue weighted by molar-refractivity contribution is -0.140. The lowest BCUT2D eigenvalue weighted by Gasteiger charge is -2.32. The summed E-state index contributed by atoms with van der Waals surface area (Å²) in [5.41, 5.74) is -0.102. The van der Waals surface area contributed by atoms with Crippen LogP contribution in [0.2, 0.25) is 0 Å². The van der Waals surface area contributed by atoms with Crippen LogP contribution in [-0.2, 0) is 9.53 Å². The van der Waals surface area contributed by atoms with Gasteiger partial charge in [0.05, 0.1) is 6.61 Å². The van der Waals surface area contributed by atoms with Gasteiger partial charge in [0, 0.05) is 25.6 Å².